The van der Waals surface area contributed by atoms with Gasteiger partial charge in [-0.15, -0.1) is 21.5 Å². The first kappa shape index (κ1) is 36.9. The molecule has 1 aliphatic heterocycles. The van der Waals surface area contributed by atoms with Crippen LogP contribution in [0.5, 0.6) is 0 Å². The number of halogens is 4. The standard InChI is InChI=1S/C37H35ClF3N7O3S/c1-20-21(2)52-35-31(20)32(23-8-10-25(38)11-9-23)45-28(34-47-46-22(3)48(34)35)19-30(50)43-17-5-7-29(49)44-26-12-13-27(24(18-26)6-4-16-42)33(51)36(14-15-36)37(39,40)41/h8-13,18,28H,5,7,14-17,19,42H2,1-3H3,(H,43,50)(H,44,49)/t28-/m0/s1. The second-order valence-corrected chi connectivity index (χ2v) is 14.4. The minimum Gasteiger partial charge on any atom is -0.356 e. The smallest absolute Gasteiger partial charge is 0.356 e. The Kier molecular flexibility index (Phi) is 10.4. The minimum atomic E-state index is -4.67. The number of hydrogen-bond donors (Lipinski definition) is 3. The van der Waals surface area contributed by atoms with E-state index in [-0.39, 0.29) is 67.4 Å². The van der Waals surface area contributed by atoms with E-state index in [2.05, 4.69) is 39.6 Å². The summed E-state index contributed by atoms with van der Waals surface area (Å²) in [5.41, 5.74) is 6.85. The highest BCUT2D eigenvalue weighted by Crippen LogP contribution is 2.59. The van der Waals surface area contributed by atoms with Gasteiger partial charge in [-0.2, -0.15) is 13.2 Å². The van der Waals surface area contributed by atoms with Crippen molar-refractivity contribution in [1.82, 2.24) is 20.1 Å². The number of Topliss-reactive ketones (excluding diaryl/α,β-unsaturated/α-hetero) is 1. The Morgan fingerprint density at radius 3 is 2.48 bits per heavy atom. The number of thiophene rings is 1. The van der Waals surface area contributed by atoms with E-state index in [4.69, 9.17) is 22.3 Å². The van der Waals surface area contributed by atoms with E-state index in [1.54, 1.807) is 23.5 Å². The molecule has 15 heteroatoms. The highest BCUT2D eigenvalue weighted by molar-refractivity contribution is 7.15. The fraction of sp³-hybridized carbons (Fsp3) is 0.351. The summed E-state index contributed by atoms with van der Waals surface area (Å²) < 4.78 is 42.9. The molecule has 2 aromatic carbocycles. The number of aromatic nitrogens is 3. The van der Waals surface area contributed by atoms with E-state index >= 15 is 0 Å². The number of amides is 2. The Morgan fingerprint density at radius 2 is 1.81 bits per heavy atom. The van der Waals surface area contributed by atoms with Crippen LogP contribution in [0.4, 0.5) is 18.9 Å². The molecule has 52 heavy (non-hydrogen) atoms. The van der Waals surface area contributed by atoms with Crippen molar-refractivity contribution in [3.63, 3.8) is 0 Å². The zero-order chi connectivity index (χ0) is 37.4. The number of fused-ring (bicyclic) bond motifs is 3. The largest absolute Gasteiger partial charge is 0.401 e. The lowest BCUT2D eigenvalue weighted by Gasteiger charge is -2.19. The number of carbonyl (C=O) groups excluding carboxylic acids is 3. The molecule has 1 fully saturated rings. The zero-order valence-electron chi connectivity index (χ0n) is 28.6. The molecule has 0 spiro atoms. The molecule has 6 rings (SSSR count). The quantitative estimate of drug-likeness (QED) is 0.0952. The number of anilines is 1. The Hall–Kier alpha value is -4.84. The zero-order valence-corrected chi connectivity index (χ0v) is 30.2. The van der Waals surface area contributed by atoms with Gasteiger partial charge >= 0.3 is 6.18 Å². The highest BCUT2D eigenvalue weighted by atomic mass is 35.5. The summed E-state index contributed by atoms with van der Waals surface area (Å²) in [5.74, 6) is 4.75. The van der Waals surface area contributed by atoms with Crippen LogP contribution in [0.25, 0.3) is 5.00 Å². The van der Waals surface area contributed by atoms with Crippen LogP contribution < -0.4 is 16.4 Å². The van der Waals surface area contributed by atoms with E-state index in [1.165, 1.54) is 18.2 Å². The van der Waals surface area contributed by atoms with Gasteiger partial charge in [0.2, 0.25) is 11.8 Å². The lowest BCUT2D eigenvalue weighted by molar-refractivity contribution is -0.171. The van der Waals surface area contributed by atoms with Crippen LogP contribution in [0.3, 0.4) is 0 Å². The van der Waals surface area contributed by atoms with Crippen molar-refractivity contribution in [1.29, 1.82) is 0 Å². The van der Waals surface area contributed by atoms with Crippen LogP contribution in [0, 0.1) is 38.0 Å². The molecule has 0 unspecified atom stereocenters. The summed E-state index contributed by atoms with van der Waals surface area (Å²) in [6.07, 6.45) is -4.89. The van der Waals surface area contributed by atoms with E-state index in [9.17, 15) is 27.6 Å². The van der Waals surface area contributed by atoms with Crippen LogP contribution in [-0.2, 0) is 9.59 Å². The molecule has 270 valence electrons. The van der Waals surface area contributed by atoms with Crippen LogP contribution in [0.15, 0.2) is 47.5 Å². The van der Waals surface area contributed by atoms with Gasteiger partial charge in [0.15, 0.2) is 11.6 Å². The topological polar surface area (TPSA) is 144 Å². The van der Waals surface area contributed by atoms with Crippen molar-refractivity contribution in [2.75, 3.05) is 18.4 Å². The average Bonchev–Trinajstić information content (AvgIpc) is 3.80. The number of aliphatic imine (C=N–C) groups is 1. The summed E-state index contributed by atoms with van der Waals surface area (Å²) in [6.45, 7) is 6.09. The van der Waals surface area contributed by atoms with Crippen LogP contribution in [0.2, 0.25) is 5.02 Å². The lowest BCUT2D eigenvalue weighted by atomic mass is 9.90. The summed E-state index contributed by atoms with van der Waals surface area (Å²) in [7, 11) is 0. The number of rotatable bonds is 10. The average molecular weight is 750 g/mol. The van der Waals surface area contributed by atoms with E-state index in [1.807, 2.05) is 30.5 Å². The maximum absolute atomic E-state index is 13.6. The lowest BCUT2D eigenvalue weighted by Crippen LogP contribution is -2.33. The number of benzene rings is 2. The number of nitrogens with two attached hydrogens (primary N) is 1. The van der Waals surface area contributed by atoms with Gasteiger partial charge in [-0.05, 0) is 75.9 Å². The van der Waals surface area contributed by atoms with Gasteiger partial charge in [-0.1, -0.05) is 35.6 Å². The van der Waals surface area contributed by atoms with Crippen LogP contribution in [-0.4, -0.2) is 57.3 Å². The van der Waals surface area contributed by atoms with Gasteiger partial charge in [0.25, 0.3) is 0 Å². The number of nitrogens with zero attached hydrogens (tertiary/aromatic N) is 4. The molecule has 4 N–H and O–H groups in total. The van der Waals surface area contributed by atoms with Gasteiger partial charge in [0, 0.05) is 50.8 Å². The second-order valence-electron chi connectivity index (χ2n) is 12.8. The Labute approximate surface area is 307 Å². The monoisotopic (exact) mass is 749 g/mol. The molecule has 2 aromatic heterocycles. The molecular weight excluding hydrogens is 715 g/mol. The first-order valence-electron chi connectivity index (χ1n) is 16.6. The van der Waals surface area contributed by atoms with Gasteiger partial charge in [0.1, 0.15) is 22.3 Å². The van der Waals surface area contributed by atoms with Crippen molar-refractivity contribution in [2.45, 2.75) is 65.1 Å². The number of aryl methyl sites for hydroxylation is 2. The molecule has 2 amide bonds. The van der Waals surface area contributed by atoms with Gasteiger partial charge in [-0.25, -0.2) is 0 Å². The molecule has 3 heterocycles. The van der Waals surface area contributed by atoms with Gasteiger partial charge < -0.3 is 16.4 Å². The fourth-order valence-electron chi connectivity index (χ4n) is 6.17. The first-order chi connectivity index (χ1) is 24.7. The fourth-order valence-corrected chi connectivity index (χ4v) is 7.51. The third kappa shape index (κ3) is 7.26. The SMILES string of the molecule is Cc1sc2c(c1C)C(c1ccc(Cl)cc1)=N[C@@H](CC(=O)NCCCC(=O)Nc1ccc(C(=O)C3(C(F)(F)F)CC3)c(C#CCN)c1)c1nnc(C)n1-2. The molecular formula is C37H35ClF3N7O3S. The van der Waals surface area contributed by atoms with Crippen molar-refractivity contribution < 1.29 is 27.6 Å². The molecule has 2 aliphatic rings. The van der Waals surface area contributed by atoms with E-state index in [0.29, 0.717) is 23.1 Å². The first-order valence-corrected chi connectivity index (χ1v) is 17.8. The Balaban J connectivity index is 1.10. The molecule has 0 radical (unpaired) electrons. The van der Waals surface area contributed by atoms with Crippen molar-refractivity contribution in [3.8, 4) is 16.8 Å². The van der Waals surface area contributed by atoms with Gasteiger partial charge in [0.05, 0.1) is 18.7 Å². The molecule has 0 saturated heterocycles. The van der Waals surface area contributed by atoms with E-state index in [0.717, 1.165) is 32.3 Å². The molecule has 10 nitrogen and oxygen atoms in total. The molecule has 0 bridgehead atoms. The predicted molar refractivity (Wildman–Crippen MR) is 193 cm³/mol. The normalized spacial score (nSPS) is 15.7. The van der Waals surface area contributed by atoms with Crippen molar-refractivity contribution in [2.24, 2.45) is 16.1 Å². The summed E-state index contributed by atoms with van der Waals surface area (Å²) in [5, 5.41) is 15.8. The molecule has 1 saturated carbocycles. The summed E-state index contributed by atoms with van der Waals surface area (Å²) in [4.78, 5) is 45.2. The van der Waals surface area contributed by atoms with Crippen LogP contribution in [0.1, 0.15) is 87.3 Å². The van der Waals surface area contributed by atoms with E-state index < -0.39 is 23.4 Å². The Morgan fingerprint density at radius 1 is 1.08 bits per heavy atom. The number of carbonyl (C=O) groups is 3. The van der Waals surface area contributed by atoms with Crippen molar-refractivity contribution in [3.05, 3.63) is 91.8 Å². The van der Waals surface area contributed by atoms with Crippen molar-refractivity contribution >= 4 is 51.9 Å². The summed E-state index contributed by atoms with van der Waals surface area (Å²) in [6, 6.07) is 10.8. The Bertz CT molecular complexity index is 2160. The highest BCUT2D eigenvalue weighted by Gasteiger charge is 2.68. The number of alkyl halides is 3. The van der Waals surface area contributed by atoms with Crippen LogP contribution >= 0.6 is 22.9 Å². The molecule has 4 aromatic rings. The number of nitrogens with one attached hydrogen (secondary N) is 2. The maximum atomic E-state index is 13.6. The second kappa shape index (κ2) is 14.7. The number of ketones is 1. The third-order valence-corrected chi connectivity index (χ3v) is 10.7. The maximum Gasteiger partial charge on any atom is 0.401 e. The molecule has 1 atom stereocenters. The van der Waals surface area contributed by atoms with Gasteiger partial charge in [-0.3, -0.25) is 23.9 Å². The third-order valence-electron chi connectivity index (χ3n) is 9.24. The number of hydrogen-bond acceptors (Lipinski definition) is 8. The minimum absolute atomic E-state index is 0.0122. The predicted octanol–water partition coefficient (Wildman–Crippen LogP) is 6.56. The molecule has 1 aliphatic carbocycles. The summed E-state index contributed by atoms with van der Waals surface area (Å²) >= 11 is 7.80.